The molecule has 1 fully saturated rings. The standard InChI is InChI=1S/C23H23F5N4O5/c1-10-17(11-4-5-12(24)18(25)19(11)36-3)20(37-22(10,2)23(26,27)28)21(35)32-14-7-16(31-9-34)15(30-8-33)6-13(14)29/h4-10,17,20H,29H2,1-3H3,(H,30,33)(H,31,34)(H,32,35)/t10-,17-,20+,22+/m0/s1. The molecule has 0 saturated carbocycles. The van der Waals surface area contributed by atoms with Crippen LogP contribution in [0.5, 0.6) is 5.75 Å². The number of methoxy groups -OCH3 is 1. The Kier molecular flexibility index (Phi) is 7.62. The molecular weight excluding hydrogens is 507 g/mol. The van der Waals surface area contributed by atoms with Crippen LogP contribution in [0.3, 0.4) is 0 Å². The number of nitrogen functional groups attached to an aromatic ring is 1. The minimum atomic E-state index is -4.94. The van der Waals surface area contributed by atoms with Crippen LogP contribution < -0.4 is 26.4 Å². The summed E-state index contributed by atoms with van der Waals surface area (Å²) in [6.45, 7) is 1.93. The molecule has 200 valence electrons. The van der Waals surface area contributed by atoms with Crippen LogP contribution in [0.2, 0.25) is 0 Å². The maximum absolute atomic E-state index is 14.5. The van der Waals surface area contributed by atoms with Crippen LogP contribution in [0.15, 0.2) is 24.3 Å². The van der Waals surface area contributed by atoms with E-state index in [-0.39, 0.29) is 34.7 Å². The Morgan fingerprint density at radius 2 is 1.70 bits per heavy atom. The summed E-state index contributed by atoms with van der Waals surface area (Å²) in [6, 6.07) is 4.11. The highest BCUT2D eigenvalue weighted by Gasteiger charge is 2.66. The number of benzene rings is 2. The third-order valence-corrected chi connectivity index (χ3v) is 6.45. The third kappa shape index (κ3) is 4.88. The number of hydrogen-bond donors (Lipinski definition) is 4. The zero-order valence-electron chi connectivity index (χ0n) is 19.7. The first kappa shape index (κ1) is 27.6. The normalized spacial score (nSPS) is 23.3. The zero-order valence-corrected chi connectivity index (χ0v) is 19.7. The number of carbonyl (C=O) groups excluding carboxylic acids is 3. The van der Waals surface area contributed by atoms with Crippen molar-refractivity contribution < 1.29 is 45.8 Å². The number of carbonyl (C=O) groups is 3. The molecule has 0 bridgehead atoms. The van der Waals surface area contributed by atoms with Crippen molar-refractivity contribution in [1.29, 1.82) is 0 Å². The van der Waals surface area contributed by atoms with E-state index in [4.69, 9.17) is 15.2 Å². The van der Waals surface area contributed by atoms with E-state index in [1.165, 1.54) is 19.1 Å². The van der Waals surface area contributed by atoms with Crippen LogP contribution >= 0.6 is 0 Å². The molecule has 2 aromatic rings. The summed E-state index contributed by atoms with van der Waals surface area (Å²) >= 11 is 0. The van der Waals surface area contributed by atoms with Gasteiger partial charge in [-0.2, -0.15) is 17.6 Å². The van der Waals surface area contributed by atoms with Crippen molar-refractivity contribution in [2.24, 2.45) is 5.92 Å². The van der Waals surface area contributed by atoms with Gasteiger partial charge in [0.25, 0.3) is 5.91 Å². The van der Waals surface area contributed by atoms with Crippen LogP contribution in [-0.2, 0) is 19.1 Å². The molecule has 1 heterocycles. The second-order valence-electron chi connectivity index (χ2n) is 8.44. The van der Waals surface area contributed by atoms with Crippen molar-refractivity contribution in [2.75, 3.05) is 28.8 Å². The maximum Gasteiger partial charge on any atom is 0.417 e. The van der Waals surface area contributed by atoms with Gasteiger partial charge in [0.1, 0.15) is 6.10 Å². The topological polar surface area (TPSA) is 132 Å². The van der Waals surface area contributed by atoms with Gasteiger partial charge >= 0.3 is 6.18 Å². The Morgan fingerprint density at radius 1 is 1.11 bits per heavy atom. The van der Waals surface area contributed by atoms with Gasteiger partial charge in [0.2, 0.25) is 18.6 Å². The number of ether oxygens (including phenoxy) is 2. The lowest BCUT2D eigenvalue weighted by atomic mass is 9.77. The van der Waals surface area contributed by atoms with E-state index in [0.717, 1.165) is 20.1 Å². The lowest BCUT2D eigenvalue weighted by Gasteiger charge is -2.32. The van der Waals surface area contributed by atoms with E-state index >= 15 is 0 Å². The molecule has 4 atom stereocenters. The number of nitrogens with one attached hydrogen (secondary N) is 3. The summed E-state index contributed by atoms with van der Waals surface area (Å²) < 4.78 is 80.8. The van der Waals surface area contributed by atoms with Crippen LogP contribution in [-0.4, -0.2) is 43.7 Å². The SMILES string of the molecule is COc1c([C@H]2[C@H](C(=O)Nc3cc(NC=O)c(NC=O)cc3N)O[C@@](C)(C(F)(F)F)[C@H]2C)ccc(F)c1F. The van der Waals surface area contributed by atoms with Crippen LogP contribution in [0, 0.1) is 17.6 Å². The summed E-state index contributed by atoms with van der Waals surface area (Å²) in [6.07, 6.45) is -6.19. The molecule has 1 saturated heterocycles. The molecule has 0 aromatic heterocycles. The Bertz CT molecular complexity index is 1220. The fourth-order valence-electron chi connectivity index (χ4n) is 4.33. The van der Waals surface area contributed by atoms with Crippen molar-refractivity contribution >= 4 is 41.5 Å². The van der Waals surface area contributed by atoms with Gasteiger partial charge in [-0.15, -0.1) is 0 Å². The number of halogens is 5. The molecule has 0 aliphatic carbocycles. The molecule has 0 spiro atoms. The molecule has 5 N–H and O–H groups in total. The largest absolute Gasteiger partial charge is 0.493 e. The molecule has 9 nitrogen and oxygen atoms in total. The summed E-state index contributed by atoms with van der Waals surface area (Å²) in [7, 11) is 1.01. The Hall–Kier alpha value is -3.94. The fraction of sp³-hybridized carbons (Fsp3) is 0.348. The van der Waals surface area contributed by atoms with Gasteiger partial charge in [-0.3, -0.25) is 14.4 Å². The van der Waals surface area contributed by atoms with Gasteiger partial charge in [-0.1, -0.05) is 13.0 Å². The molecule has 0 radical (unpaired) electrons. The predicted molar refractivity (Wildman–Crippen MR) is 123 cm³/mol. The average Bonchev–Trinajstić information content (AvgIpc) is 3.10. The highest BCUT2D eigenvalue weighted by atomic mass is 19.4. The summed E-state index contributed by atoms with van der Waals surface area (Å²) in [4.78, 5) is 35.1. The number of amides is 3. The maximum atomic E-state index is 14.5. The molecule has 14 heteroatoms. The molecule has 2 aromatic carbocycles. The van der Waals surface area contributed by atoms with E-state index in [1.54, 1.807) is 0 Å². The van der Waals surface area contributed by atoms with Crippen molar-refractivity contribution in [3.8, 4) is 5.75 Å². The minimum Gasteiger partial charge on any atom is -0.493 e. The van der Waals surface area contributed by atoms with Crippen molar-refractivity contribution in [3.05, 3.63) is 41.5 Å². The highest BCUT2D eigenvalue weighted by molar-refractivity contribution is 6.01. The van der Waals surface area contributed by atoms with E-state index < -0.39 is 53.0 Å². The second kappa shape index (κ2) is 10.2. The molecule has 0 unspecified atom stereocenters. The quantitative estimate of drug-likeness (QED) is 0.234. The lowest BCUT2D eigenvalue weighted by molar-refractivity contribution is -0.272. The van der Waals surface area contributed by atoms with Crippen molar-refractivity contribution in [3.63, 3.8) is 0 Å². The summed E-state index contributed by atoms with van der Waals surface area (Å²) in [5, 5.41) is 6.94. The van der Waals surface area contributed by atoms with E-state index in [1.807, 2.05) is 0 Å². The number of anilines is 4. The fourth-order valence-corrected chi connectivity index (χ4v) is 4.33. The van der Waals surface area contributed by atoms with Gasteiger partial charge in [0, 0.05) is 17.4 Å². The monoisotopic (exact) mass is 530 g/mol. The second-order valence-corrected chi connectivity index (χ2v) is 8.44. The van der Waals surface area contributed by atoms with Crippen LogP contribution in [0.1, 0.15) is 25.3 Å². The van der Waals surface area contributed by atoms with Gasteiger partial charge in [0.15, 0.2) is 17.2 Å². The van der Waals surface area contributed by atoms with E-state index in [2.05, 4.69) is 16.0 Å². The first-order chi connectivity index (χ1) is 17.3. The summed E-state index contributed by atoms with van der Waals surface area (Å²) in [5.41, 5.74) is 2.74. The number of rotatable bonds is 8. The molecule has 3 amide bonds. The number of nitrogens with two attached hydrogens (primary N) is 1. The van der Waals surface area contributed by atoms with Gasteiger partial charge in [0.05, 0.1) is 29.9 Å². The first-order valence-electron chi connectivity index (χ1n) is 10.7. The zero-order chi connectivity index (χ0) is 27.7. The lowest BCUT2D eigenvalue weighted by Crippen LogP contribution is -2.47. The van der Waals surface area contributed by atoms with Crippen molar-refractivity contribution in [2.45, 2.75) is 37.6 Å². The van der Waals surface area contributed by atoms with Gasteiger partial charge in [-0.05, 0) is 25.1 Å². The average molecular weight is 530 g/mol. The smallest absolute Gasteiger partial charge is 0.417 e. The van der Waals surface area contributed by atoms with Gasteiger partial charge in [-0.25, -0.2) is 4.39 Å². The number of alkyl halides is 3. The number of hydrogen-bond acceptors (Lipinski definition) is 6. The van der Waals surface area contributed by atoms with E-state index in [0.29, 0.717) is 12.5 Å². The Morgan fingerprint density at radius 3 is 2.24 bits per heavy atom. The molecule has 3 rings (SSSR count). The Labute approximate surface area is 207 Å². The summed E-state index contributed by atoms with van der Waals surface area (Å²) in [5.74, 6) is -7.35. The molecule has 37 heavy (non-hydrogen) atoms. The Balaban J connectivity index is 2.09. The van der Waals surface area contributed by atoms with E-state index in [9.17, 15) is 36.3 Å². The van der Waals surface area contributed by atoms with Crippen LogP contribution in [0.25, 0.3) is 0 Å². The van der Waals surface area contributed by atoms with Gasteiger partial charge < -0.3 is 31.2 Å². The molecule has 1 aliphatic heterocycles. The van der Waals surface area contributed by atoms with Crippen molar-refractivity contribution in [1.82, 2.24) is 0 Å². The van der Waals surface area contributed by atoms with Crippen LogP contribution in [0.4, 0.5) is 44.7 Å². The third-order valence-electron chi connectivity index (χ3n) is 6.45. The highest BCUT2D eigenvalue weighted by Crippen LogP contribution is 2.55. The minimum absolute atomic E-state index is 0.0197. The first-order valence-corrected chi connectivity index (χ1v) is 10.7. The predicted octanol–water partition coefficient (Wildman–Crippen LogP) is 3.77. The molecule has 1 aliphatic rings. The molecular formula is C23H23F5N4O5.